The molecule has 0 aliphatic carbocycles. The molecule has 24 heavy (non-hydrogen) atoms. The van der Waals surface area contributed by atoms with Gasteiger partial charge in [0.25, 0.3) is 0 Å². The average molecular weight is 327 g/mol. The molecule has 6 heteroatoms. The summed E-state index contributed by atoms with van der Waals surface area (Å²) in [4.78, 5) is 16.6. The molecule has 0 atom stereocenters. The van der Waals surface area contributed by atoms with Crippen molar-refractivity contribution in [1.82, 2.24) is 14.7 Å². The molecule has 128 valence electrons. The number of aromatic nitrogens is 2. The van der Waals surface area contributed by atoms with E-state index in [1.807, 2.05) is 21.8 Å². The SMILES string of the molecule is Cc1ccccc1N1CCN(C(=O)Nc2ccn(C(C)C)n2)CC1. The first-order chi connectivity index (χ1) is 11.5. The average Bonchev–Trinajstić information content (AvgIpc) is 3.04. The highest BCUT2D eigenvalue weighted by Crippen LogP contribution is 2.21. The number of hydrogen-bond donors (Lipinski definition) is 1. The highest BCUT2D eigenvalue weighted by atomic mass is 16.2. The van der Waals surface area contributed by atoms with Crippen molar-refractivity contribution in [2.24, 2.45) is 0 Å². The maximum atomic E-state index is 12.4. The number of piperazine rings is 1. The standard InChI is InChI=1S/C18H25N5O/c1-14(2)23-9-8-17(20-23)19-18(24)22-12-10-21(11-13-22)16-7-5-4-6-15(16)3/h4-9,14H,10-13H2,1-3H3,(H,19,20,24). The fourth-order valence-electron chi connectivity index (χ4n) is 2.95. The van der Waals surface area contributed by atoms with Crippen molar-refractivity contribution in [2.45, 2.75) is 26.8 Å². The first-order valence-electron chi connectivity index (χ1n) is 8.46. The van der Waals surface area contributed by atoms with E-state index in [-0.39, 0.29) is 12.1 Å². The van der Waals surface area contributed by atoms with E-state index in [2.05, 4.69) is 60.4 Å². The molecule has 0 spiro atoms. The van der Waals surface area contributed by atoms with Gasteiger partial charge in [-0.15, -0.1) is 0 Å². The molecule has 6 nitrogen and oxygen atoms in total. The zero-order valence-electron chi connectivity index (χ0n) is 14.6. The van der Waals surface area contributed by atoms with Gasteiger partial charge in [0.05, 0.1) is 0 Å². The number of para-hydroxylation sites is 1. The van der Waals surface area contributed by atoms with Gasteiger partial charge in [-0.1, -0.05) is 18.2 Å². The molecule has 2 amide bonds. The Labute approximate surface area is 143 Å². The highest BCUT2D eigenvalue weighted by Gasteiger charge is 2.22. The lowest BCUT2D eigenvalue weighted by atomic mass is 10.1. The summed E-state index contributed by atoms with van der Waals surface area (Å²) in [6.45, 7) is 9.36. The van der Waals surface area contributed by atoms with Crippen LogP contribution in [0.3, 0.4) is 0 Å². The molecule has 1 N–H and O–H groups in total. The van der Waals surface area contributed by atoms with Crippen molar-refractivity contribution in [3.63, 3.8) is 0 Å². The fraction of sp³-hybridized carbons (Fsp3) is 0.444. The minimum Gasteiger partial charge on any atom is -0.368 e. The summed E-state index contributed by atoms with van der Waals surface area (Å²) in [6, 6.07) is 10.4. The van der Waals surface area contributed by atoms with Crippen LogP contribution >= 0.6 is 0 Å². The maximum Gasteiger partial charge on any atom is 0.323 e. The lowest BCUT2D eigenvalue weighted by Gasteiger charge is -2.36. The summed E-state index contributed by atoms with van der Waals surface area (Å²) in [5.74, 6) is 0.607. The van der Waals surface area contributed by atoms with Crippen LogP contribution in [-0.4, -0.2) is 46.9 Å². The van der Waals surface area contributed by atoms with Gasteiger partial charge < -0.3 is 9.80 Å². The molecule has 2 heterocycles. The molecule has 0 bridgehead atoms. The lowest BCUT2D eigenvalue weighted by Crippen LogP contribution is -2.50. The summed E-state index contributed by atoms with van der Waals surface area (Å²) in [7, 11) is 0. The molecule has 3 rings (SSSR count). The molecule has 1 aliphatic heterocycles. The van der Waals surface area contributed by atoms with Crippen molar-refractivity contribution in [3.8, 4) is 0 Å². The van der Waals surface area contributed by atoms with E-state index in [9.17, 15) is 4.79 Å². The van der Waals surface area contributed by atoms with Crippen molar-refractivity contribution in [2.75, 3.05) is 36.4 Å². The van der Waals surface area contributed by atoms with Gasteiger partial charge in [-0.2, -0.15) is 5.10 Å². The largest absolute Gasteiger partial charge is 0.368 e. The van der Waals surface area contributed by atoms with Crippen LogP contribution in [0, 0.1) is 6.92 Å². The number of urea groups is 1. The normalized spacial score (nSPS) is 15.0. The Morgan fingerprint density at radius 2 is 1.83 bits per heavy atom. The van der Waals surface area contributed by atoms with Crippen LogP contribution in [0.2, 0.25) is 0 Å². The van der Waals surface area contributed by atoms with Crippen molar-refractivity contribution >= 4 is 17.5 Å². The van der Waals surface area contributed by atoms with Crippen LogP contribution in [0.25, 0.3) is 0 Å². The number of nitrogens with one attached hydrogen (secondary N) is 1. The van der Waals surface area contributed by atoms with Crippen LogP contribution in [-0.2, 0) is 0 Å². The number of anilines is 2. The molecule has 1 saturated heterocycles. The molecule has 0 radical (unpaired) electrons. The van der Waals surface area contributed by atoms with Gasteiger partial charge in [-0.3, -0.25) is 10.00 Å². The summed E-state index contributed by atoms with van der Waals surface area (Å²) in [6.07, 6.45) is 1.89. The second kappa shape index (κ2) is 6.95. The molecule has 0 unspecified atom stereocenters. The van der Waals surface area contributed by atoms with Crippen molar-refractivity contribution in [1.29, 1.82) is 0 Å². The fourth-order valence-corrected chi connectivity index (χ4v) is 2.95. The number of amides is 2. The van der Waals surface area contributed by atoms with Gasteiger partial charge >= 0.3 is 6.03 Å². The van der Waals surface area contributed by atoms with E-state index in [1.54, 1.807) is 0 Å². The van der Waals surface area contributed by atoms with Crippen LogP contribution in [0.5, 0.6) is 0 Å². The Morgan fingerprint density at radius 1 is 1.12 bits per heavy atom. The van der Waals surface area contributed by atoms with Gasteiger partial charge in [0, 0.05) is 50.2 Å². The number of hydrogen-bond acceptors (Lipinski definition) is 3. The van der Waals surface area contributed by atoms with Gasteiger partial charge in [0.15, 0.2) is 5.82 Å². The van der Waals surface area contributed by atoms with Crippen molar-refractivity contribution < 1.29 is 4.79 Å². The lowest BCUT2D eigenvalue weighted by molar-refractivity contribution is 0.208. The second-order valence-electron chi connectivity index (χ2n) is 6.47. The summed E-state index contributed by atoms with van der Waals surface area (Å²) >= 11 is 0. The van der Waals surface area contributed by atoms with E-state index in [1.165, 1.54) is 11.3 Å². The zero-order chi connectivity index (χ0) is 17.1. The first-order valence-corrected chi connectivity index (χ1v) is 8.46. The number of benzene rings is 1. The van der Waals surface area contributed by atoms with Crippen LogP contribution in [0.15, 0.2) is 36.5 Å². The zero-order valence-corrected chi connectivity index (χ0v) is 14.6. The summed E-state index contributed by atoms with van der Waals surface area (Å²) < 4.78 is 1.84. The monoisotopic (exact) mass is 327 g/mol. The topological polar surface area (TPSA) is 53.4 Å². The van der Waals surface area contributed by atoms with Gasteiger partial charge in [0.2, 0.25) is 0 Å². The molecule has 1 aromatic heterocycles. The summed E-state index contributed by atoms with van der Waals surface area (Å²) in [5.41, 5.74) is 2.53. The highest BCUT2D eigenvalue weighted by molar-refractivity contribution is 5.88. The smallest absolute Gasteiger partial charge is 0.323 e. The van der Waals surface area contributed by atoms with E-state index < -0.39 is 0 Å². The van der Waals surface area contributed by atoms with E-state index in [4.69, 9.17) is 0 Å². The molecule has 1 aliphatic rings. The number of nitrogens with zero attached hydrogens (tertiary/aromatic N) is 4. The number of carbonyl (C=O) groups is 1. The molecule has 1 fully saturated rings. The third-order valence-corrected chi connectivity index (χ3v) is 4.40. The van der Waals surface area contributed by atoms with Crippen LogP contribution in [0.1, 0.15) is 25.5 Å². The maximum absolute atomic E-state index is 12.4. The van der Waals surface area contributed by atoms with Crippen LogP contribution in [0.4, 0.5) is 16.3 Å². The van der Waals surface area contributed by atoms with E-state index >= 15 is 0 Å². The van der Waals surface area contributed by atoms with Crippen molar-refractivity contribution in [3.05, 3.63) is 42.1 Å². The van der Waals surface area contributed by atoms with E-state index in [0.717, 1.165) is 13.1 Å². The number of rotatable bonds is 3. The number of aryl methyl sites for hydroxylation is 1. The van der Waals surface area contributed by atoms with Gasteiger partial charge in [-0.05, 0) is 32.4 Å². The molecule has 2 aromatic rings. The molecular weight excluding hydrogens is 302 g/mol. The third-order valence-electron chi connectivity index (χ3n) is 4.40. The van der Waals surface area contributed by atoms with Gasteiger partial charge in [0.1, 0.15) is 0 Å². The van der Waals surface area contributed by atoms with E-state index in [0.29, 0.717) is 18.9 Å². The Hall–Kier alpha value is -2.50. The third kappa shape index (κ3) is 3.53. The Bertz CT molecular complexity index is 701. The quantitative estimate of drug-likeness (QED) is 0.942. The number of carbonyl (C=O) groups excluding carboxylic acids is 1. The molecule has 1 aromatic carbocycles. The minimum absolute atomic E-state index is 0.0755. The Morgan fingerprint density at radius 3 is 2.46 bits per heavy atom. The predicted molar refractivity (Wildman–Crippen MR) is 96.6 cm³/mol. The van der Waals surface area contributed by atoms with Gasteiger partial charge in [-0.25, -0.2) is 4.79 Å². The molecule has 0 saturated carbocycles. The Kier molecular flexibility index (Phi) is 4.74. The molecular formula is C18H25N5O. The predicted octanol–water partition coefficient (Wildman–Crippen LogP) is 3.13. The second-order valence-corrected chi connectivity index (χ2v) is 6.47. The first kappa shape index (κ1) is 16.4. The Balaban J connectivity index is 1.56. The minimum atomic E-state index is -0.0755. The van der Waals surface area contributed by atoms with Crippen LogP contribution < -0.4 is 10.2 Å². The summed E-state index contributed by atoms with van der Waals surface area (Å²) in [5, 5.41) is 7.26.